The molecular formula is C16H23N3O. The van der Waals surface area contributed by atoms with Crippen LogP contribution in [0.5, 0.6) is 5.75 Å². The van der Waals surface area contributed by atoms with Gasteiger partial charge in [-0.15, -0.1) is 0 Å². The fraction of sp³-hybridized carbons (Fsp3) is 0.438. The summed E-state index contributed by atoms with van der Waals surface area (Å²) in [5.74, 6) is 1.35. The second-order valence-electron chi connectivity index (χ2n) is 5.38. The Bertz CT molecular complexity index is 587. The molecule has 0 fully saturated rings. The van der Waals surface area contributed by atoms with E-state index in [0.29, 0.717) is 12.5 Å². The minimum Gasteiger partial charge on any atom is -0.496 e. The normalized spacial score (nSPS) is 11.1. The molecule has 2 rings (SSSR count). The van der Waals surface area contributed by atoms with Crippen molar-refractivity contribution < 1.29 is 4.74 Å². The Morgan fingerprint density at radius 2 is 2.05 bits per heavy atom. The number of nitrogens with two attached hydrogens (primary N) is 1. The van der Waals surface area contributed by atoms with Gasteiger partial charge in [-0.3, -0.25) is 5.10 Å². The van der Waals surface area contributed by atoms with E-state index in [1.807, 2.05) is 0 Å². The fourth-order valence-corrected chi connectivity index (χ4v) is 2.39. The number of aromatic amines is 1. The molecule has 0 aliphatic carbocycles. The van der Waals surface area contributed by atoms with E-state index in [9.17, 15) is 0 Å². The van der Waals surface area contributed by atoms with Gasteiger partial charge < -0.3 is 10.5 Å². The highest BCUT2D eigenvalue weighted by molar-refractivity contribution is 5.67. The maximum Gasteiger partial charge on any atom is 0.122 e. The minimum atomic E-state index is 0.409. The first-order valence-electron chi connectivity index (χ1n) is 7.00. The smallest absolute Gasteiger partial charge is 0.122 e. The van der Waals surface area contributed by atoms with Crippen molar-refractivity contribution >= 4 is 0 Å². The second kappa shape index (κ2) is 6.09. The monoisotopic (exact) mass is 273 g/mol. The molecule has 0 spiro atoms. The topological polar surface area (TPSA) is 63.9 Å². The summed E-state index contributed by atoms with van der Waals surface area (Å²) in [7, 11) is 1.72. The van der Waals surface area contributed by atoms with E-state index < -0.39 is 0 Å². The lowest BCUT2D eigenvalue weighted by molar-refractivity contribution is 0.407. The Labute approximate surface area is 120 Å². The number of aromatic nitrogens is 2. The van der Waals surface area contributed by atoms with Crippen LogP contribution in [-0.4, -0.2) is 23.9 Å². The van der Waals surface area contributed by atoms with Gasteiger partial charge in [-0.25, -0.2) is 0 Å². The van der Waals surface area contributed by atoms with Crippen LogP contribution in [0.3, 0.4) is 0 Å². The van der Waals surface area contributed by atoms with Gasteiger partial charge in [-0.2, -0.15) is 5.10 Å². The highest BCUT2D eigenvalue weighted by Crippen LogP contribution is 2.33. The molecule has 4 nitrogen and oxygen atoms in total. The van der Waals surface area contributed by atoms with Gasteiger partial charge in [0.2, 0.25) is 0 Å². The predicted octanol–water partition coefficient (Wildman–Crippen LogP) is 3.02. The third-order valence-corrected chi connectivity index (χ3v) is 3.52. The van der Waals surface area contributed by atoms with Crippen molar-refractivity contribution in [3.8, 4) is 17.0 Å². The zero-order valence-electron chi connectivity index (χ0n) is 12.7. The van der Waals surface area contributed by atoms with E-state index >= 15 is 0 Å². The number of rotatable bonds is 5. The van der Waals surface area contributed by atoms with Crippen molar-refractivity contribution in [1.82, 2.24) is 10.2 Å². The first kappa shape index (κ1) is 14.6. The van der Waals surface area contributed by atoms with Crippen molar-refractivity contribution in [3.05, 3.63) is 35.0 Å². The Morgan fingerprint density at radius 1 is 1.30 bits per heavy atom. The van der Waals surface area contributed by atoms with Crippen LogP contribution in [-0.2, 0) is 6.42 Å². The summed E-state index contributed by atoms with van der Waals surface area (Å²) >= 11 is 0. The fourth-order valence-electron chi connectivity index (χ4n) is 2.39. The van der Waals surface area contributed by atoms with Crippen LogP contribution in [0.1, 0.15) is 36.6 Å². The summed E-state index contributed by atoms with van der Waals surface area (Å²) in [6.45, 7) is 7.04. The van der Waals surface area contributed by atoms with Crippen molar-refractivity contribution in [2.45, 2.75) is 33.1 Å². The van der Waals surface area contributed by atoms with E-state index in [4.69, 9.17) is 10.5 Å². The maximum absolute atomic E-state index is 5.58. The van der Waals surface area contributed by atoms with Crippen LogP contribution >= 0.6 is 0 Å². The van der Waals surface area contributed by atoms with Gasteiger partial charge in [0.05, 0.1) is 12.8 Å². The molecule has 3 N–H and O–H groups in total. The molecule has 0 saturated carbocycles. The minimum absolute atomic E-state index is 0.409. The molecule has 0 atom stereocenters. The lowest BCUT2D eigenvalue weighted by Crippen LogP contribution is -2.02. The molecule has 1 aromatic carbocycles. The zero-order valence-corrected chi connectivity index (χ0v) is 12.7. The number of hydrogen-bond acceptors (Lipinski definition) is 3. The predicted molar refractivity (Wildman–Crippen MR) is 82.2 cm³/mol. The van der Waals surface area contributed by atoms with Crippen LogP contribution in [0.15, 0.2) is 18.2 Å². The van der Waals surface area contributed by atoms with Crippen LogP contribution in [0.2, 0.25) is 0 Å². The summed E-state index contributed by atoms with van der Waals surface area (Å²) in [6, 6.07) is 6.34. The number of nitrogens with one attached hydrogen (secondary N) is 1. The number of ether oxygens (including phenoxy) is 1. The molecule has 0 saturated heterocycles. The molecule has 0 bridgehead atoms. The van der Waals surface area contributed by atoms with Crippen LogP contribution in [0.4, 0.5) is 0 Å². The van der Waals surface area contributed by atoms with Gasteiger partial charge in [0, 0.05) is 17.7 Å². The van der Waals surface area contributed by atoms with Crippen LogP contribution in [0.25, 0.3) is 11.3 Å². The largest absolute Gasteiger partial charge is 0.496 e. The average molecular weight is 273 g/mol. The Morgan fingerprint density at radius 3 is 2.65 bits per heavy atom. The molecule has 0 amide bonds. The van der Waals surface area contributed by atoms with Crippen molar-refractivity contribution in [2.75, 3.05) is 13.7 Å². The van der Waals surface area contributed by atoms with E-state index in [0.717, 1.165) is 34.7 Å². The molecule has 0 aliphatic heterocycles. The molecule has 108 valence electrons. The van der Waals surface area contributed by atoms with E-state index in [1.165, 1.54) is 5.56 Å². The van der Waals surface area contributed by atoms with Gasteiger partial charge in [-0.05, 0) is 48.7 Å². The molecule has 0 unspecified atom stereocenters. The molecule has 1 heterocycles. The summed E-state index contributed by atoms with van der Waals surface area (Å²) in [4.78, 5) is 0. The first-order valence-corrected chi connectivity index (χ1v) is 7.00. The first-order chi connectivity index (χ1) is 9.56. The van der Waals surface area contributed by atoms with E-state index in [1.54, 1.807) is 7.11 Å². The van der Waals surface area contributed by atoms with Crippen molar-refractivity contribution in [1.29, 1.82) is 0 Å². The third-order valence-electron chi connectivity index (χ3n) is 3.52. The number of H-pyrrole nitrogens is 1. The highest BCUT2D eigenvalue weighted by atomic mass is 16.5. The number of nitrogens with zero attached hydrogens (tertiary/aromatic N) is 1. The second-order valence-corrected chi connectivity index (χ2v) is 5.38. The van der Waals surface area contributed by atoms with Gasteiger partial charge in [0.15, 0.2) is 0 Å². The summed E-state index contributed by atoms with van der Waals surface area (Å²) in [6.07, 6.45) is 0.819. The molecule has 0 aliphatic rings. The van der Waals surface area contributed by atoms with E-state index in [-0.39, 0.29) is 0 Å². The average Bonchev–Trinajstić information content (AvgIpc) is 2.86. The molecule has 0 radical (unpaired) electrons. The Balaban J connectivity index is 2.47. The van der Waals surface area contributed by atoms with Crippen molar-refractivity contribution in [3.63, 3.8) is 0 Å². The molecule has 4 heteroatoms. The van der Waals surface area contributed by atoms with Crippen LogP contribution in [0, 0.1) is 6.92 Å². The summed E-state index contributed by atoms with van der Waals surface area (Å²) in [5.41, 5.74) is 11.1. The lowest BCUT2D eigenvalue weighted by Gasteiger charge is -2.15. The Hall–Kier alpha value is -1.81. The third kappa shape index (κ3) is 2.85. The van der Waals surface area contributed by atoms with Crippen molar-refractivity contribution in [2.24, 2.45) is 5.73 Å². The maximum atomic E-state index is 5.58. The molecular weight excluding hydrogens is 250 g/mol. The van der Waals surface area contributed by atoms with Gasteiger partial charge >= 0.3 is 0 Å². The van der Waals surface area contributed by atoms with E-state index in [2.05, 4.69) is 49.2 Å². The number of benzene rings is 1. The lowest BCUT2D eigenvalue weighted by atomic mass is 9.95. The summed E-state index contributed by atoms with van der Waals surface area (Å²) < 4.78 is 5.48. The molecule has 1 aromatic heterocycles. The van der Waals surface area contributed by atoms with Gasteiger partial charge in [-0.1, -0.05) is 13.8 Å². The van der Waals surface area contributed by atoms with Gasteiger partial charge in [0.25, 0.3) is 0 Å². The quantitative estimate of drug-likeness (QED) is 0.880. The SMILES string of the molecule is COc1cc(C)c(-c2cc(CCN)[nH]n2)cc1C(C)C. The number of methoxy groups -OCH3 is 1. The zero-order chi connectivity index (χ0) is 14.7. The molecule has 2 aromatic rings. The van der Waals surface area contributed by atoms with Crippen LogP contribution < -0.4 is 10.5 Å². The Kier molecular flexibility index (Phi) is 4.45. The van der Waals surface area contributed by atoms with Gasteiger partial charge in [0.1, 0.15) is 5.75 Å². The standard InChI is InChI=1S/C16H23N3O/c1-10(2)13-9-14(11(3)7-16(13)20-4)15-8-12(5-6-17)18-19-15/h7-10H,5-6,17H2,1-4H3,(H,18,19). The number of aryl methyl sites for hydroxylation is 1. The molecule has 20 heavy (non-hydrogen) atoms. The summed E-state index contributed by atoms with van der Waals surface area (Å²) in [5, 5.41) is 7.45. The highest BCUT2D eigenvalue weighted by Gasteiger charge is 2.14. The number of hydrogen-bond donors (Lipinski definition) is 2.